The highest BCUT2D eigenvalue weighted by molar-refractivity contribution is 7.91. The molecule has 3 N–H and O–H groups in total. The van der Waals surface area contributed by atoms with Crippen molar-refractivity contribution in [3.8, 4) is 11.5 Å². The van der Waals surface area contributed by atoms with Crippen LogP contribution in [0.15, 0.2) is 23.1 Å². The number of nitrogens with one attached hydrogen (secondary N) is 1. The quantitative estimate of drug-likeness (QED) is 0.692. The molecule has 1 aromatic carbocycles. The molecule has 0 atom stereocenters. The predicted molar refractivity (Wildman–Crippen MR) is 93.0 cm³/mol. The van der Waals surface area contributed by atoms with Gasteiger partial charge in [-0.05, 0) is 12.1 Å². The van der Waals surface area contributed by atoms with Crippen LogP contribution in [0.2, 0.25) is 0 Å². The van der Waals surface area contributed by atoms with E-state index in [-0.39, 0.29) is 17.3 Å². The largest absolute Gasteiger partial charge is 0.490 e. The fraction of sp³-hybridized carbons (Fsp3) is 0.533. The number of nitrogens with two attached hydrogens (primary N) is 1. The Morgan fingerprint density at radius 2 is 1.88 bits per heavy atom. The van der Waals surface area contributed by atoms with Crippen molar-refractivity contribution in [3.63, 3.8) is 0 Å². The molecule has 0 saturated carbocycles. The molecule has 0 fully saturated rings. The Bertz CT molecular complexity index is 731. The van der Waals surface area contributed by atoms with E-state index in [9.17, 15) is 22.0 Å². The third kappa shape index (κ3) is 6.26. The van der Waals surface area contributed by atoms with Gasteiger partial charge in [0.05, 0.1) is 37.0 Å². The van der Waals surface area contributed by atoms with E-state index < -0.39 is 46.9 Å². The van der Waals surface area contributed by atoms with Gasteiger partial charge in [0.25, 0.3) is 5.92 Å². The summed E-state index contributed by atoms with van der Waals surface area (Å²) >= 11 is 0. The third-order valence-corrected chi connectivity index (χ3v) is 5.23. The van der Waals surface area contributed by atoms with Crippen molar-refractivity contribution in [2.45, 2.75) is 23.7 Å². The Hall–Kier alpha value is -1.65. The number of amides is 1. The van der Waals surface area contributed by atoms with Gasteiger partial charge < -0.3 is 20.5 Å². The van der Waals surface area contributed by atoms with Crippen molar-refractivity contribution in [2.75, 3.05) is 32.1 Å². The first-order valence-corrected chi connectivity index (χ1v) is 9.36. The zero-order valence-corrected chi connectivity index (χ0v) is 15.5. The molecule has 1 aliphatic heterocycles. The van der Waals surface area contributed by atoms with Crippen LogP contribution in [-0.2, 0) is 14.6 Å². The Morgan fingerprint density at radius 3 is 2.54 bits per heavy atom. The maximum absolute atomic E-state index is 13.0. The van der Waals surface area contributed by atoms with Gasteiger partial charge in [-0.15, -0.1) is 12.4 Å². The Morgan fingerprint density at radius 1 is 1.23 bits per heavy atom. The number of hydrogen-bond donors (Lipinski definition) is 2. The lowest BCUT2D eigenvalue weighted by Crippen LogP contribution is -2.41. The van der Waals surface area contributed by atoms with Gasteiger partial charge in [-0.2, -0.15) is 0 Å². The molecule has 0 unspecified atom stereocenters. The van der Waals surface area contributed by atoms with Crippen LogP contribution < -0.4 is 20.5 Å². The first kappa shape index (κ1) is 22.4. The summed E-state index contributed by atoms with van der Waals surface area (Å²) in [5, 5.41) is 1.98. The predicted octanol–water partition coefficient (Wildman–Crippen LogP) is 1.14. The molecule has 2 rings (SSSR count). The molecule has 148 valence electrons. The van der Waals surface area contributed by atoms with E-state index in [0.29, 0.717) is 31.1 Å². The summed E-state index contributed by atoms with van der Waals surface area (Å²) in [6.07, 6.45) is 0.252. The molecule has 1 amide bonds. The zero-order valence-electron chi connectivity index (χ0n) is 13.9. The van der Waals surface area contributed by atoms with Crippen molar-refractivity contribution < 1.29 is 31.5 Å². The SMILES string of the molecule is Cl.NCC(F)(F)CNC(=O)CCS(=O)(=O)c1ccc2c(c1)OCCCO2. The van der Waals surface area contributed by atoms with Crippen LogP contribution in [0.1, 0.15) is 12.8 Å². The second-order valence-corrected chi connectivity index (χ2v) is 7.67. The number of carbonyl (C=O) groups excluding carboxylic acids is 1. The summed E-state index contributed by atoms with van der Waals surface area (Å²) in [4.78, 5) is 11.6. The average molecular weight is 415 g/mol. The van der Waals surface area contributed by atoms with Gasteiger partial charge >= 0.3 is 0 Å². The minimum absolute atomic E-state index is 0. The number of fused-ring (bicyclic) bond motifs is 1. The average Bonchev–Trinajstić information content (AvgIpc) is 2.83. The standard InChI is InChI=1S/C15H20F2N2O5S.ClH/c16-15(17,9-18)10-19-14(20)4-7-25(21,22)11-2-3-12-13(8-11)24-6-1-5-23-12;/h2-3,8H,1,4-7,9-10,18H2,(H,19,20);1H. The van der Waals surface area contributed by atoms with Crippen molar-refractivity contribution >= 4 is 28.2 Å². The van der Waals surface area contributed by atoms with Crippen molar-refractivity contribution in [1.82, 2.24) is 5.32 Å². The molecule has 0 saturated heterocycles. The van der Waals surface area contributed by atoms with Gasteiger partial charge in [-0.1, -0.05) is 0 Å². The van der Waals surface area contributed by atoms with Crippen LogP contribution in [0.5, 0.6) is 11.5 Å². The Balaban J connectivity index is 0.00000338. The molecule has 11 heteroatoms. The summed E-state index contributed by atoms with van der Waals surface area (Å²) in [6.45, 7) is -0.934. The molecule has 7 nitrogen and oxygen atoms in total. The number of alkyl halides is 2. The second-order valence-electron chi connectivity index (χ2n) is 5.56. The van der Waals surface area contributed by atoms with E-state index in [2.05, 4.69) is 0 Å². The van der Waals surface area contributed by atoms with Crippen LogP contribution in [0.4, 0.5) is 8.78 Å². The summed E-state index contributed by atoms with van der Waals surface area (Å²) in [5.41, 5.74) is 4.86. The van der Waals surface area contributed by atoms with E-state index in [0.717, 1.165) is 0 Å². The molecule has 0 radical (unpaired) electrons. The van der Waals surface area contributed by atoms with Crippen LogP contribution in [0.3, 0.4) is 0 Å². The Kier molecular flexibility index (Phi) is 8.04. The molecule has 1 heterocycles. The molecular weight excluding hydrogens is 394 g/mol. The second kappa shape index (κ2) is 9.33. The normalized spacial score (nSPS) is 14.1. The van der Waals surface area contributed by atoms with Crippen LogP contribution in [-0.4, -0.2) is 52.3 Å². The fourth-order valence-corrected chi connectivity index (χ4v) is 3.32. The molecule has 1 aromatic rings. The monoisotopic (exact) mass is 414 g/mol. The number of rotatable bonds is 7. The van der Waals surface area contributed by atoms with Crippen LogP contribution >= 0.6 is 12.4 Å². The fourth-order valence-electron chi connectivity index (χ4n) is 2.07. The first-order chi connectivity index (χ1) is 11.7. The lowest BCUT2D eigenvalue weighted by atomic mass is 10.3. The van der Waals surface area contributed by atoms with E-state index in [4.69, 9.17) is 15.2 Å². The first-order valence-electron chi connectivity index (χ1n) is 7.70. The summed E-state index contributed by atoms with van der Waals surface area (Å²) < 4.78 is 61.4. The molecule has 0 aliphatic carbocycles. The highest BCUT2D eigenvalue weighted by Gasteiger charge is 2.27. The van der Waals surface area contributed by atoms with Gasteiger partial charge in [0, 0.05) is 18.9 Å². The highest BCUT2D eigenvalue weighted by Crippen LogP contribution is 2.32. The van der Waals surface area contributed by atoms with Crippen LogP contribution in [0.25, 0.3) is 0 Å². The van der Waals surface area contributed by atoms with E-state index in [1.54, 1.807) is 0 Å². The summed E-state index contributed by atoms with van der Waals surface area (Å²) in [7, 11) is -3.77. The summed E-state index contributed by atoms with van der Waals surface area (Å²) in [6, 6.07) is 4.20. The zero-order chi connectivity index (χ0) is 18.5. The number of benzene rings is 1. The number of hydrogen-bond acceptors (Lipinski definition) is 6. The number of ether oxygens (including phenoxy) is 2. The number of halogens is 3. The molecular formula is C15H21ClF2N2O5S. The highest BCUT2D eigenvalue weighted by atomic mass is 35.5. The van der Waals surface area contributed by atoms with Gasteiger partial charge in [-0.3, -0.25) is 4.79 Å². The summed E-state index contributed by atoms with van der Waals surface area (Å²) in [5.74, 6) is -3.73. The minimum atomic E-state index is -3.77. The third-order valence-electron chi connectivity index (χ3n) is 3.52. The smallest absolute Gasteiger partial charge is 0.277 e. The molecule has 26 heavy (non-hydrogen) atoms. The van der Waals surface area contributed by atoms with Gasteiger partial charge in [0.15, 0.2) is 21.3 Å². The minimum Gasteiger partial charge on any atom is -0.490 e. The van der Waals surface area contributed by atoms with Gasteiger partial charge in [0.2, 0.25) is 5.91 Å². The van der Waals surface area contributed by atoms with Crippen molar-refractivity contribution in [1.29, 1.82) is 0 Å². The van der Waals surface area contributed by atoms with E-state index in [1.165, 1.54) is 18.2 Å². The topological polar surface area (TPSA) is 108 Å². The Labute approximate surface area is 156 Å². The lowest BCUT2D eigenvalue weighted by Gasteiger charge is -2.14. The van der Waals surface area contributed by atoms with E-state index in [1.807, 2.05) is 5.32 Å². The van der Waals surface area contributed by atoms with Gasteiger partial charge in [-0.25, -0.2) is 17.2 Å². The van der Waals surface area contributed by atoms with E-state index >= 15 is 0 Å². The molecule has 0 spiro atoms. The lowest BCUT2D eigenvalue weighted by molar-refractivity contribution is -0.122. The molecule has 0 bridgehead atoms. The number of sulfone groups is 1. The number of carbonyl (C=O) groups is 1. The maximum atomic E-state index is 13.0. The molecule has 1 aliphatic rings. The van der Waals surface area contributed by atoms with Gasteiger partial charge in [0.1, 0.15) is 0 Å². The maximum Gasteiger partial charge on any atom is 0.277 e. The van der Waals surface area contributed by atoms with Crippen molar-refractivity contribution in [3.05, 3.63) is 18.2 Å². The van der Waals surface area contributed by atoms with Crippen LogP contribution in [0, 0.1) is 0 Å². The van der Waals surface area contributed by atoms with Crippen molar-refractivity contribution in [2.24, 2.45) is 5.73 Å². The molecule has 0 aromatic heterocycles.